The molecule has 1 aliphatic rings. The third-order valence-corrected chi connectivity index (χ3v) is 33.5. The molecular formula is C96H98N6O8P4. The lowest BCUT2D eigenvalue weighted by molar-refractivity contribution is -0.114. The molecule has 14 nitrogen and oxygen atoms in total. The number of amides is 4. The maximum absolute atomic E-state index is 15.8. The fourth-order valence-electron chi connectivity index (χ4n) is 16.2. The van der Waals surface area contributed by atoms with Crippen molar-refractivity contribution in [2.24, 2.45) is 11.5 Å². The first-order valence-electron chi connectivity index (χ1n) is 39.4. The Morgan fingerprint density at radius 2 is 0.421 bits per heavy atom. The summed E-state index contributed by atoms with van der Waals surface area (Å²) in [5.41, 5.74) is 26.2. The topological polar surface area (TPSA) is 237 Å². The molecule has 0 aromatic heterocycles. The standard InChI is InChI=1S/C96H98N6O8P4/c1-3-31-89-69-53-73-61-79(101-95(105)67-113(109,85-41-21-9-22-42-85)86-43-23-10-24-44-86)63-75(91(73)49-29-51-97)55-71-59-78(100-94(104)66-112(108,83-37-17-7-18-38-83)84-39-19-8-20-40-84)60-72(90(71)32-4-2)56-76-64-80(102-96(106)68-114(110,87-45-25-11-26-46-87)88-47-27-12-28-48-88)62-74(92(76)50-30-52-98)54-70(89)58-77(57-69)99-93(103)65-111(107,81-33-13-5-14-34-81)82-35-15-6-16-36-82/h5-28,33-48,57-64H,3-4,29-32,49-56,65-68,97-98H2,1-2H3,(H,99,103)(H,100,104)(H,101,105)(H,102,106). The van der Waals surface area contributed by atoms with Crippen LogP contribution in [0.3, 0.4) is 0 Å². The minimum atomic E-state index is -3.59. The summed E-state index contributed by atoms with van der Waals surface area (Å²) in [5.74, 6) is -1.81. The van der Waals surface area contributed by atoms with Gasteiger partial charge in [0.15, 0.2) is 28.6 Å². The number of rotatable bonds is 30. The van der Waals surface area contributed by atoms with Crippen LogP contribution in [-0.4, -0.2) is 61.4 Å². The van der Waals surface area contributed by atoms with Gasteiger partial charge in [0, 0.05) is 65.2 Å². The molecule has 0 fully saturated rings. The van der Waals surface area contributed by atoms with Crippen molar-refractivity contribution in [3.63, 3.8) is 0 Å². The third kappa shape index (κ3) is 19.1. The maximum atomic E-state index is 15.8. The molecule has 580 valence electrons. The molecule has 0 saturated carbocycles. The Hall–Kier alpha value is -10.6. The summed E-state index contributed by atoms with van der Waals surface area (Å²) in [4.78, 5) is 61.1. The van der Waals surface area contributed by atoms with Crippen LogP contribution in [0.15, 0.2) is 291 Å². The number of anilines is 4. The summed E-state index contributed by atoms with van der Waals surface area (Å²) in [7, 11) is -14.4. The van der Waals surface area contributed by atoms with Crippen LogP contribution in [0.4, 0.5) is 22.7 Å². The second-order valence-electron chi connectivity index (χ2n) is 29.6. The summed E-state index contributed by atoms with van der Waals surface area (Å²) < 4.78 is 63.0. The molecule has 13 rings (SSSR count). The van der Waals surface area contributed by atoms with E-state index in [4.69, 9.17) is 11.5 Å². The van der Waals surface area contributed by atoms with E-state index in [1.165, 1.54) is 0 Å². The van der Waals surface area contributed by atoms with Crippen LogP contribution >= 0.6 is 28.6 Å². The highest BCUT2D eigenvalue weighted by atomic mass is 31.2. The number of hydrogen-bond donors (Lipinski definition) is 6. The fourth-order valence-corrected chi connectivity index (χ4v) is 26.0. The Balaban J connectivity index is 1.03. The quantitative estimate of drug-likeness (QED) is 0.0233. The number of nitrogens with one attached hydrogen (secondary N) is 4. The summed E-state index contributed by atoms with van der Waals surface area (Å²) in [6.45, 7) is 5.00. The van der Waals surface area contributed by atoms with E-state index < -0.39 is 52.2 Å². The first kappa shape index (κ1) is 81.4. The van der Waals surface area contributed by atoms with Gasteiger partial charge >= 0.3 is 0 Å². The molecule has 12 aromatic rings. The Kier molecular flexibility index (Phi) is 26.8. The highest BCUT2D eigenvalue weighted by Crippen LogP contribution is 2.48. The Labute approximate surface area is 669 Å². The van der Waals surface area contributed by atoms with Crippen molar-refractivity contribution < 1.29 is 37.4 Å². The molecule has 0 aliphatic heterocycles. The van der Waals surface area contributed by atoms with Gasteiger partial charge in [0.05, 0.1) is 24.6 Å². The van der Waals surface area contributed by atoms with E-state index in [2.05, 4.69) is 35.1 Å². The van der Waals surface area contributed by atoms with Gasteiger partial charge in [0.1, 0.15) is 0 Å². The average molecular weight is 1590 g/mol. The SMILES string of the molecule is CCCc1c2cc(NC(=O)CP(=O)(c3ccccc3)c3ccccc3)cc1Cc1cc(NC(=O)CP(=O)(c3ccccc3)c3ccccc3)cc(c1CCCN)Cc1cc(NC(=O)CP(=O)(c3ccccc3)c3ccccc3)cc(c1CCC)Cc1cc(NC(=O)CP(=O)(c3ccccc3)c3ccccc3)cc(c1CCCN)C2. The maximum Gasteiger partial charge on any atom is 0.232 e. The molecule has 8 bridgehead atoms. The summed E-state index contributed by atoms with van der Waals surface area (Å²) >= 11 is 0. The van der Waals surface area contributed by atoms with Crippen LogP contribution < -0.4 is 75.2 Å². The number of benzene rings is 12. The molecular weight excluding hydrogens is 1490 g/mol. The molecule has 0 unspecified atom stereocenters. The molecule has 0 atom stereocenters. The molecule has 4 amide bonds. The van der Waals surface area contributed by atoms with E-state index in [0.717, 1.165) is 79.6 Å². The molecule has 114 heavy (non-hydrogen) atoms. The zero-order chi connectivity index (χ0) is 79.7. The van der Waals surface area contributed by atoms with Crippen molar-refractivity contribution in [2.75, 3.05) is 59.0 Å². The second kappa shape index (κ2) is 37.5. The van der Waals surface area contributed by atoms with Gasteiger partial charge in [-0.15, -0.1) is 0 Å². The molecule has 12 aromatic carbocycles. The van der Waals surface area contributed by atoms with Gasteiger partial charge in [-0.25, -0.2) is 0 Å². The Bertz CT molecular complexity index is 4990. The lowest BCUT2D eigenvalue weighted by atomic mass is 9.81. The molecule has 0 heterocycles. The normalized spacial score (nSPS) is 12.3. The largest absolute Gasteiger partial charge is 0.330 e. The van der Waals surface area contributed by atoms with Crippen LogP contribution in [0.25, 0.3) is 0 Å². The van der Waals surface area contributed by atoms with E-state index in [0.29, 0.717) is 117 Å². The van der Waals surface area contributed by atoms with Crippen LogP contribution in [0.2, 0.25) is 0 Å². The first-order valence-corrected chi connectivity index (χ1v) is 47.0. The predicted molar refractivity (Wildman–Crippen MR) is 473 cm³/mol. The van der Waals surface area contributed by atoms with E-state index in [1.54, 1.807) is 0 Å². The molecule has 0 spiro atoms. The van der Waals surface area contributed by atoms with Crippen molar-refractivity contribution >= 4 is 117 Å². The van der Waals surface area contributed by atoms with Crippen LogP contribution in [-0.2, 0) is 88.8 Å². The predicted octanol–water partition coefficient (Wildman–Crippen LogP) is 15.9. The number of nitrogens with two attached hydrogens (primary N) is 2. The van der Waals surface area contributed by atoms with Crippen LogP contribution in [0.1, 0.15) is 106 Å². The summed E-state index contributed by atoms with van der Waals surface area (Å²) in [6.07, 6.45) is 4.74. The molecule has 18 heteroatoms. The van der Waals surface area contributed by atoms with E-state index >= 15 is 37.4 Å². The van der Waals surface area contributed by atoms with Crippen molar-refractivity contribution in [2.45, 2.75) is 90.9 Å². The zero-order valence-corrected chi connectivity index (χ0v) is 68.2. The Morgan fingerprint density at radius 1 is 0.263 bits per heavy atom. The monoisotopic (exact) mass is 1590 g/mol. The molecule has 0 saturated heterocycles. The van der Waals surface area contributed by atoms with Crippen molar-refractivity contribution in [3.8, 4) is 0 Å². The number of fused-ring (bicyclic) bond motifs is 8. The summed E-state index contributed by atoms with van der Waals surface area (Å²) in [5, 5.41) is 17.6. The minimum Gasteiger partial charge on any atom is -0.330 e. The minimum absolute atomic E-state index is 0.290. The molecule has 0 radical (unpaired) electrons. The fraction of sp³-hybridized carbons (Fsp3) is 0.208. The van der Waals surface area contributed by atoms with Gasteiger partial charge < -0.3 is 51.0 Å². The second-order valence-corrected chi connectivity index (χ2v) is 40.9. The molecule has 8 N–H and O–H groups in total. The molecule has 1 aliphatic carbocycles. The lowest BCUT2D eigenvalue weighted by Crippen LogP contribution is -2.26. The Morgan fingerprint density at radius 3 is 0.570 bits per heavy atom. The van der Waals surface area contributed by atoms with Gasteiger partial charge in [-0.2, -0.15) is 0 Å². The average Bonchev–Trinajstić information content (AvgIpc) is 0.766. The van der Waals surface area contributed by atoms with Crippen LogP contribution in [0, 0.1) is 0 Å². The van der Waals surface area contributed by atoms with E-state index in [9.17, 15) is 0 Å². The van der Waals surface area contributed by atoms with Gasteiger partial charge in [0.25, 0.3) is 0 Å². The number of carbonyl (C=O) groups is 4. The number of carbonyl (C=O) groups excluding carboxylic acids is 4. The van der Waals surface area contributed by atoms with Crippen molar-refractivity contribution in [3.05, 3.63) is 358 Å². The highest BCUT2D eigenvalue weighted by molar-refractivity contribution is 7.80. The van der Waals surface area contributed by atoms with E-state index in [1.807, 2.05) is 291 Å². The van der Waals surface area contributed by atoms with Crippen molar-refractivity contribution in [1.29, 1.82) is 0 Å². The zero-order valence-electron chi connectivity index (χ0n) is 64.7. The number of hydrogen-bond acceptors (Lipinski definition) is 10. The van der Waals surface area contributed by atoms with Gasteiger partial charge in [-0.05, 0) is 193 Å². The van der Waals surface area contributed by atoms with Crippen molar-refractivity contribution in [1.82, 2.24) is 0 Å². The van der Waals surface area contributed by atoms with Gasteiger partial charge in [-0.1, -0.05) is 269 Å². The first-order chi connectivity index (χ1) is 55.4. The summed E-state index contributed by atoms with van der Waals surface area (Å²) in [6, 6.07) is 89.4. The van der Waals surface area contributed by atoms with Crippen LogP contribution in [0.5, 0.6) is 0 Å². The van der Waals surface area contributed by atoms with E-state index in [-0.39, 0.29) is 50.3 Å². The smallest absolute Gasteiger partial charge is 0.232 e. The van der Waals surface area contributed by atoms with Gasteiger partial charge in [-0.3, -0.25) is 19.2 Å². The van der Waals surface area contributed by atoms with Gasteiger partial charge in [0.2, 0.25) is 23.6 Å². The highest BCUT2D eigenvalue weighted by Gasteiger charge is 2.36. The lowest BCUT2D eigenvalue weighted by Gasteiger charge is -2.26. The third-order valence-electron chi connectivity index (χ3n) is 21.5.